The molecule has 158 valence electrons. The molecule has 0 amide bonds. The summed E-state index contributed by atoms with van der Waals surface area (Å²) in [6.07, 6.45) is 6.45. The first kappa shape index (κ1) is 19.6. The molecule has 1 aromatic heterocycles. The predicted octanol–water partition coefficient (Wildman–Crippen LogP) is 4.70. The summed E-state index contributed by atoms with van der Waals surface area (Å²) < 4.78 is 27.7. The monoisotopic (exact) mass is 423 g/mol. The molecule has 30 heavy (non-hydrogen) atoms. The van der Waals surface area contributed by atoms with Gasteiger partial charge in [-0.15, -0.1) is 0 Å². The number of fused-ring (bicyclic) bond motifs is 1. The Hall–Kier alpha value is -2.31. The predicted molar refractivity (Wildman–Crippen MR) is 122 cm³/mol. The number of para-hydroxylation sites is 1. The van der Waals surface area contributed by atoms with E-state index >= 15 is 0 Å². The molecule has 2 N–H and O–H groups in total. The maximum Gasteiger partial charge on any atom is 0.232 e. The van der Waals surface area contributed by atoms with E-state index in [-0.39, 0.29) is 5.75 Å². The van der Waals surface area contributed by atoms with Gasteiger partial charge in [-0.1, -0.05) is 36.8 Å². The van der Waals surface area contributed by atoms with Crippen LogP contribution in [0.25, 0.3) is 10.9 Å². The van der Waals surface area contributed by atoms with Gasteiger partial charge >= 0.3 is 0 Å². The van der Waals surface area contributed by atoms with E-state index in [9.17, 15) is 8.42 Å². The zero-order valence-corrected chi connectivity index (χ0v) is 18.0. The minimum Gasteiger partial charge on any atom is -0.361 e. The van der Waals surface area contributed by atoms with Crippen LogP contribution in [0.5, 0.6) is 0 Å². The molecule has 2 fully saturated rings. The molecule has 2 heterocycles. The van der Waals surface area contributed by atoms with Crippen molar-refractivity contribution in [3.05, 3.63) is 65.9 Å². The maximum absolute atomic E-state index is 12.5. The first-order chi connectivity index (χ1) is 14.6. The number of aromatic nitrogens is 1. The molecule has 6 heteroatoms. The lowest BCUT2D eigenvalue weighted by molar-refractivity contribution is 0.328. The minimum absolute atomic E-state index is 0.249. The largest absolute Gasteiger partial charge is 0.361 e. The first-order valence-electron chi connectivity index (χ1n) is 10.9. The molecule has 0 radical (unpaired) electrons. The summed E-state index contributed by atoms with van der Waals surface area (Å²) in [6.45, 7) is 2.99. The summed E-state index contributed by atoms with van der Waals surface area (Å²) in [7, 11) is -3.26. The number of rotatable bonds is 7. The smallest absolute Gasteiger partial charge is 0.232 e. The van der Waals surface area contributed by atoms with Gasteiger partial charge in [0.25, 0.3) is 0 Å². The molecular weight excluding hydrogens is 394 g/mol. The van der Waals surface area contributed by atoms with Crippen molar-refractivity contribution < 1.29 is 8.42 Å². The molecule has 5 nitrogen and oxygen atoms in total. The quantitative estimate of drug-likeness (QED) is 0.579. The molecule has 1 atom stereocenters. The van der Waals surface area contributed by atoms with Crippen molar-refractivity contribution in [1.82, 2.24) is 9.88 Å². The average Bonchev–Trinajstić information content (AvgIpc) is 3.33. The summed E-state index contributed by atoms with van der Waals surface area (Å²) in [5.41, 5.74) is 4.44. The van der Waals surface area contributed by atoms with Crippen LogP contribution in [0, 0.1) is 5.92 Å². The highest BCUT2D eigenvalue weighted by Crippen LogP contribution is 2.32. The molecule has 2 aliphatic rings. The summed E-state index contributed by atoms with van der Waals surface area (Å²) in [5, 5.41) is 1.30. The zero-order chi connectivity index (χ0) is 20.6. The third-order valence-electron chi connectivity index (χ3n) is 6.65. The van der Waals surface area contributed by atoms with Crippen molar-refractivity contribution >= 4 is 26.6 Å². The molecule has 1 aliphatic heterocycles. The molecule has 0 bridgehead atoms. The Balaban J connectivity index is 1.24. The van der Waals surface area contributed by atoms with Crippen LogP contribution < -0.4 is 4.72 Å². The lowest BCUT2D eigenvalue weighted by Crippen LogP contribution is -2.26. The van der Waals surface area contributed by atoms with E-state index < -0.39 is 10.0 Å². The molecule has 1 saturated heterocycles. The SMILES string of the molecule is O=S(=O)(CC1CCC1)Nc1cccc(C2CCN(Cc3c[nH]c4ccccc34)C2)c1. The Bertz CT molecular complexity index is 1130. The summed E-state index contributed by atoms with van der Waals surface area (Å²) in [4.78, 5) is 5.86. The van der Waals surface area contributed by atoms with E-state index in [0.29, 0.717) is 17.5 Å². The van der Waals surface area contributed by atoms with Gasteiger partial charge in [0.05, 0.1) is 5.75 Å². The van der Waals surface area contributed by atoms with Gasteiger partial charge in [-0.2, -0.15) is 0 Å². The van der Waals surface area contributed by atoms with E-state index in [4.69, 9.17) is 0 Å². The Morgan fingerprint density at radius 2 is 1.93 bits per heavy atom. The number of H-pyrrole nitrogens is 1. The maximum atomic E-state index is 12.5. The van der Waals surface area contributed by atoms with Crippen molar-refractivity contribution in [2.45, 2.75) is 38.1 Å². The number of sulfonamides is 1. The van der Waals surface area contributed by atoms with Crippen molar-refractivity contribution in [1.29, 1.82) is 0 Å². The van der Waals surface area contributed by atoms with Crippen molar-refractivity contribution in [2.75, 3.05) is 23.6 Å². The van der Waals surface area contributed by atoms with Crippen molar-refractivity contribution in [2.24, 2.45) is 5.92 Å². The summed E-state index contributed by atoms with van der Waals surface area (Å²) in [5.74, 6) is 1.02. The Labute approximate surface area is 178 Å². The third kappa shape index (κ3) is 4.25. The fraction of sp³-hybridized carbons (Fsp3) is 0.417. The minimum atomic E-state index is -3.26. The number of anilines is 1. The highest BCUT2D eigenvalue weighted by Gasteiger charge is 2.26. The van der Waals surface area contributed by atoms with Gasteiger partial charge < -0.3 is 4.98 Å². The summed E-state index contributed by atoms with van der Waals surface area (Å²) in [6, 6.07) is 16.4. The number of benzene rings is 2. The molecule has 1 aliphatic carbocycles. The number of aromatic amines is 1. The van der Waals surface area contributed by atoms with Crippen LogP contribution in [0.3, 0.4) is 0 Å². The molecule has 1 saturated carbocycles. The molecule has 3 aromatic rings. The van der Waals surface area contributed by atoms with Crippen LogP contribution in [0.1, 0.15) is 42.7 Å². The molecule has 1 unspecified atom stereocenters. The van der Waals surface area contributed by atoms with Crippen LogP contribution in [-0.4, -0.2) is 37.1 Å². The average molecular weight is 424 g/mol. The zero-order valence-electron chi connectivity index (χ0n) is 17.2. The molecule has 2 aromatic carbocycles. The Morgan fingerprint density at radius 1 is 1.07 bits per heavy atom. The standard InChI is InChI=1S/C24H29N3O2S/c28-30(29,17-18-5-3-6-18)26-22-8-4-7-19(13-22)20-11-12-27(15-20)16-21-14-25-24-10-2-1-9-23(21)24/h1-2,4,7-10,13-14,18,20,25-26H,3,5-6,11-12,15-17H2. The highest BCUT2D eigenvalue weighted by molar-refractivity contribution is 7.92. The fourth-order valence-electron chi connectivity index (χ4n) is 4.80. The Kier molecular flexibility index (Phi) is 5.29. The van der Waals surface area contributed by atoms with Crippen LogP contribution in [0.15, 0.2) is 54.7 Å². The number of hydrogen-bond acceptors (Lipinski definition) is 3. The van der Waals surface area contributed by atoms with Crippen molar-refractivity contribution in [3.8, 4) is 0 Å². The highest BCUT2D eigenvalue weighted by atomic mass is 32.2. The second-order valence-electron chi connectivity index (χ2n) is 8.89. The third-order valence-corrected chi connectivity index (χ3v) is 8.11. The molecule has 5 rings (SSSR count). The molecular formula is C24H29N3O2S. The normalized spacial score (nSPS) is 20.5. The van der Waals surface area contributed by atoms with Gasteiger partial charge in [0.2, 0.25) is 10.0 Å². The van der Waals surface area contributed by atoms with Gasteiger partial charge in [0, 0.05) is 35.9 Å². The van der Waals surface area contributed by atoms with Crippen molar-refractivity contribution in [3.63, 3.8) is 0 Å². The van der Waals surface area contributed by atoms with E-state index in [1.165, 1.54) is 22.0 Å². The Morgan fingerprint density at radius 3 is 2.77 bits per heavy atom. The van der Waals surface area contributed by atoms with Crippen LogP contribution >= 0.6 is 0 Å². The lowest BCUT2D eigenvalue weighted by atomic mass is 9.87. The second-order valence-corrected chi connectivity index (χ2v) is 10.7. The van der Waals surface area contributed by atoms with Gasteiger partial charge in [-0.05, 0) is 67.0 Å². The van der Waals surface area contributed by atoms with Gasteiger partial charge in [0.15, 0.2) is 0 Å². The second kappa shape index (κ2) is 8.08. The van der Waals surface area contributed by atoms with Gasteiger partial charge in [-0.3, -0.25) is 9.62 Å². The van der Waals surface area contributed by atoms with Gasteiger partial charge in [-0.25, -0.2) is 8.42 Å². The van der Waals surface area contributed by atoms with E-state index in [0.717, 1.165) is 45.3 Å². The number of hydrogen-bond donors (Lipinski definition) is 2. The lowest BCUT2D eigenvalue weighted by Gasteiger charge is -2.25. The van der Waals surface area contributed by atoms with Crippen LogP contribution in [0.2, 0.25) is 0 Å². The number of nitrogens with zero attached hydrogens (tertiary/aromatic N) is 1. The molecule has 0 spiro atoms. The summed E-state index contributed by atoms with van der Waals surface area (Å²) >= 11 is 0. The fourth-order valence-corrected chi connectivity index (χ4v) is 6.32. The number of likely N-dealkylation sites (tertiary alicyclic amines) is 1. The van der Waals surface area contributed by atoms with E-state index in [2.05, 4.69) is 51.1 Å². The number of nitrogens with one attached hydrogen (secondary N) is 2. The van der Waals surface area contributed by atoms with E-state index in [1.54, 1.807) is 0 Å². The topological polar surface area (TPSA) is 65.2 Å². The first-order valence-corrected chi connectivity index (χ1v) is 12.6. The van der Waals surface area contributed by atoms with Crippen LogP contribution in [0.4, 0.5) is 5.69 Å². The van der Waals surface area contributed by atoms with Crippen LogP contribution in [-0.2, 0) is 16.6 Å². The van der Waals surface area contributed by atoms with Gasteiger partial charge in [0.1, 0.15) is 0 Å². The van der Waals surface area contributed by atoms with E-state index in [1.807, 2.05) is 18.2 Å².